The Morgan fingerprint density at radius 2 is 1.72 bits per heavy atom. The molecule has 0 aromatic carbocycles. The number of hydrogen-bond donors (Lipinski definition) is 1. The van der Waals surface area contributed by atoms with Gasteiger partial charge >= 0.3 is 19.2 Å². The van der Waals surface area contributed by atoms with E-state index in [-0.39, 0.29) is 36.8 Å². The predicted octanol–water partition coefficient (Wildman–Crippen LogP) is 2.59. The van der Waals surface area contributed by atoms with Crippen LogP contribution in [0.25, 0.3) is 0 Å². The zero-order valence-corrected chi connectivity index (χ0v) is 19.1. The maximum Gasteiger partial charge on any atom is 0.457 e. The van der Waals surface area contributed by atoms with Gasteiger partial charge in [0, 0.05) is 18.5 Å². The molecule has 2 heterocycles. The summed E-state index contributed by atoms with van der Waals surface area (Å²) in [7, 11) is 1.03. The van der Waals surface area contributed by atoms with E-state index in [4.69, 9.17) is 24.5 Å². The van der Waals surface area contributed by atoms with E-state index >= 15 is 0 Å². The van der Waals surface area contributed by atoms with E-state index in [0.717, 1.165) is 6.42 Å². The maximum atomic E-state index is 12.6. The highest BCUT2D eigenvalue weighted by Gasteiger charge is 2.51. The summed E-state index contributed by atoms with van der Waals surface area (Å²) in [4.78, 5) is 26.5. The normalized spacial score (nSPS) is 28.5. The van der Waals surface area contributed by atoms with E-state index in [1.807, 2.05) is 27.7 Å². The van der Waals surface area contributed by atoms with Crippen LogP contribution in [0.5, 0.6) is 0 Å². The molecule has 1 amide bonds. The molecule has 0 aliphatic carbocycles. The second-order valence-electron chi connectivity index (χ2n) is 10.0. The highest BCUT2D eigenvalue weighted by Crippen LogP contribution is 2.39. The molecule has 8 nitrogen and oxygen atoms in total. The Balaban J connectivity index is 2.01. The van der Waals surface area contributed by atoms with Crippen LogP contribution < -0.4 is 5.73 Å². The zero-order chi connectivity index (χ0) is 22.2. The molecular weight excluding hydrogens is 375 g/mol. The first kappa shape index (κ1) is 24.0. The first-order valence-corrected chi connectivity index (χ1v) is 10.4. The average Bonchev–Trinajstić information content (AvgIpc) is 2.98. The van der Waals surface area contributed by atoms with Crippen LogP contribution in [-0.2, 0) is 23.6 Å². The van der Waals surface area contributed by atoms with E-state index in [1.165, 1.54) is 12.0 Å². The smallest absolute Gasteiger partial charge is 0.457 e. The summed E-state index contributed by atoms with van der Waals surface area (Å²) in [5, 5.41) is 0. The molecule has 2 unspecified atom stereocenters. The van der Waals surface area contributed by atoms with Gasteiger partial charge in [0.1, 0.15) is 11.6 Å². The molecule has 2 aliphatic rings. The highest BCUT2D eigenvalue weighted by molar-refractivity contribution is 6.45. The summed E-state index contributed by atoms with van der Waals surface area (Å²) in [5.41, 5.74) is 4.92. The number of carbonyl (C=O) groups excluding carboxylic acids is 2. The molecule has 9 heteroatoms. The monoisotopic (exact) mass is 412 g/mol. The number of likely N-dealkylation sites (tertiary alicyclic amines) is 1. The molecule has 2 aliphatic heterocycles. The Hall–Kier alpha value is -1.32. The Kier molecular flexibility index (Phi) is 6.97. The fourth-order valence-electron chi connectivity index (χ4n) is 3.85. The van der Waals surface area contributed by atoms with Crippen LogP contribution >= 0.6 is 0 Å². The minimum Gasteiger partial charge on any atom is -0.467 e. The lowest BCUT2D eigenvalue weighted by Crippen LogP contribution is -2.46. The largest absolute Gasteiger partial charge is 0.467 e. The van der Waals surface area contributed by atoms with Gasteiger partial charge in [0.15, 0.2) is 0 Å². The van der Waals surface area contributed by atoms with Gasteiger partial charge in [-0.2, -0.15) is 0 Å². The van der Waals surface area contributed by atoms with E-state index in [9.17, 15) is 9.59 Å². The molecule has 2 N–H and O–H groups in total. The summed E-state index contributed by atoms with van der Waals surface area (Å²) < 4.78 is 22.5. The lowest BCUT2D eigenvalue weighted by atomic mass is 9.79. The molecule has 2 saturated heterocycles. The number of esters is 1. The van der Waals surface area contributed by atoms with Crippen molar-refractivity contribution < 1.29 is 28.4 Å². The van der Waals surface area contributed by atoms with Crippen molar-refractivity contribution in [1.29, 1.82) is 0 Å². The predicted molar refractivity (Wildman–Crippen MR) is 110 cm³/mol. The van der Waals surface area contributed by atoms with Crippen LogP contribution in [0.4, 0.5) is 4.79 Å². The summed E-state index contributed by atoms with van der Waals surface area (Å²) >= 11 is 0. The maximum absolute atomic E-state index is 12.6. The fourth-order valence-corrected chi connectivity index (χ4v) is 3.85. The van der Waals surface area contributed by atoms with E-state index in [2.05, 4.69) is 0 Å². The van der Waals surface area contributed by atoms with Crippen LogP contribution in [0.2, 0.25) is 6.32 Å². The molecule has 3 atom stereocenters. The summed E-state index contributed by atoms with van der Waals surface area (Å²) in [6, 6.07) is -1.08. The molecule has 0 bridgehead atoms. The third kappa shape index (κ3) is 5.44. The zero-order valence-electron chi connectivity index (χ0n) is 19.1. The summed E-state index contributed by atoms with van der Waals surface area (Å²) in [5.74, 6) is -0.679. The fraction of sp³-hybridized carbons (Fsp3) is 0.900. The molecule has 2 fully saturated rings. The minimum atomic E-state index is -0.747. The van der Waals surface area contributed by atoms with Crippen LogP contribution in [0.3, 0.4) is 0 Å². The van der Waals surface area contributed by atoms with Crippen LogP contribution in [0.1, 0.15) is 61.3 Å². The Morgan fingerprint density at radius 3 is 2.21 bits per heavy atom. The molecule has 29 heavy (non-hydrogen) atoms. The van der Waals surface area contributed by atoms with Crippen molar-refractivity contribution in [2.45, 2.75) is 96.5 Å². The highest BCUT2D eigenvalue weighted by atomic mass is 16.7. The van der Waals surface area contributed by atoms with E-state index in [1.54, 1.807) is 20.8 Å². The summed E-state index contributed by atoms with van der Waals surface area (Å²) in [6.07, 6.45) is 1.56. The third-order valence-electron chi connectivity index (χ3n) is 6.05. The van der Waals surface area contributed by atoms with Crippen LogP contribution in [-0.4, -0.2) is 66.6 Å². The number of amides is 1. The van der Waals surface area contributed by atoms with Gasteiger partial charge in [-0.3, -0.25) is 4.90 Å². The number of nitrogens with two attached hydrogens (primary N) is 1. The van der Waals surface area contributed by atoms with Crippen LogP contribution in [0.15, 0.2) is 0 Å². The first-order valence-electron chi connectivity index (χ1n) is 10.4. The minimum absolute atomic E-state index is 0.211. The van der Waals surface area contributed by atoms with Crippen LogP contribution in [0, 0.1) is 5.92 Å². The molecule has 2 rings (SSSR count). The molecule has 0 aromatic heterocycles. The van der Waals surface area contributed by atoms with E-state index in [0.29, 0.717) is 12.7 Å². The first-order chi connectivity index (χ1) is 13.2. The van der Waals surface area contributed by atoms with Gasteiger partial charge in [-0.05, 0) is 61.2 Å². The van der Waals surface area contributed by atoms with Crippen molar-refractivity contribution in [3.05, 3.63) is 0 Å². The SMILES string of the molecule is COC(=O)[C@@H]1C(CCCB2OC(C)(C)C(C)(C)O2)C(N)CN1C(=O)OC(C)(C)C. The number of ether oxygens (including phenoxy) is 2. The second kappa shape index (κ2) is 8.43. The van der Waals surface area contributed by atoms with Gasteiger partial charge in [-0.1, -0.05) is 6.42 Å². The lowest BCUT2D eigenvalue weighted by molar-refractivity contribution is -0.147. The van der Waals surface area contributed by atoms with Gasteiger partial charge in [0.2, 0.25) is 0 Å². The second-order valence-corrected chi connectivity index (χ2v) is 10.0. The third-order valence-corrected chi connectivity index (χ3v) is 6.05. The average molecular weight is 412 g/mol. The van der Waals surface area contributed by atoms with Gasteiger partial charge in [-0.15, -0.1) is 0 Å². The number of nitrogens with zero attached hydrogens (tertiary/aromatic N) is 1. The van der Waals surface area contributed by atoms with Crippen molar-refractivity contribution in [3.8, 4) is 0 Å². The summed E-state index contributed by atoms with van der Waals surface area (Å²) in [6.45, 7) is 13.7. The molecule has 0 saturated carbocycles. The Morgan fingerprint density at radius 1 is 1.17 bits per heavy atom. The molecular formula is C20H37BN2O6. The van der Waals surface area contributed by atoms with Gasteiger partial charge in [0.05, 0.1) is 18.3 Å². The molecule has 0 spiro atoms. The van der Waals surface area contributed by atoms with Crippen molar-refractivity contribution in [3.63, 3.8) is 0 Å². The van der Waals surface area contributed by atoms with Crippen molar-refractivity contribution in [1.82, 2.24) is 4.90 Å². The Labute approximate surface area is 174 Å². The van der Waals surface area contributed by atoms with Gasteiger partial charge < -0.3 is 24.5 Å². The topological polar surface area (TPSA) is 100 Å². The van der Waals surface area contributed by atoms with Gasteiger partial charge in [-0.25, -0.2) is 9.59 Å². The number of carbonyl (C=O) groups is 2. The number of hydrogen-bond acceptors (Lipinski definition) is 7. The lowest BCUT2D eigenvalue weighted by Gasteiger charge is -2.32. The van der Waals surface area contributed by atoms with Crippen molar-refractivity contribution in [2.75, 3.05) is 13.7 Å². The van der Waals surface area contributed by atoms with Crippen molar-refractivity contribution >= 4 is 19.2 Å². The van der Waals surface area contributed by atoms with Crippen molar-refractivity contribution in [2.24, 2.45) is 11.7 Å². The van der Waals surface area contributed by atoms with Gasteiger partial charge in [0.25, 0.3) is 0 Å². The number of methoxy groups -OCH3 is 1. The standard InChI is InChI=1S/C20H37BN2O6/c1-18(2,3)27-17(25)23-12-14(22)13(15(23)16(24)26-8)10-9-11-21-28-19(4,5)20(6,7)29-21/h13-15H,9-12,22H2,1-8H3/t13?,14?,15-/m0/s1. The quantitative estimate of drug-likeness (QED) is 0.547. The Bertz CT molecular complexity index is 603. The molecule has 0 radical (unpaired) electrons. The molecule has 0 aromatic rings. The number of rotatable bonds is 5. The molecule has 166 valence electrons. The van der Waals surface area contributed by atoms with E-state index < -0.39 is 23.7 Å².